The first-order valence-electron chi connectivity index (χ1n) is 21.4. The smallest absolute Gasteiger partial charge is 0.433 e. The Kier molecular flexibility index (Phi) is 12.0. The number of ether oxygens (including phenoxy) is 4. The van der Waals surface area contributed by atoms with E-state index in [9.17, 15) is 22.8 Å². The molecule has 4 atom stereocenters. The highest BCUT2D eigenvalue weighted by atomic mass is 19.4. The van der Waals surface area contributed by atoms with Gasteiger partial charge < -0.3 is 42.8 Å². The molecule has 340 valence electrons. The number of oxazole rings is 1. The zero-order valence-corrected chi connectivity index (χ0v) is 36.1. The third-order valence-electron chi connectivity index (χ3n) is 11.3. The minimum Gasteiger partial charge on any atom is -0.491 e. The van der Waals surface area contributed by atoms with Crippen LogP contribution in [0.15, 0.2) is 71.9 Å². The Morgan fingerprint density at radius 1 is 0.892 bits per heavy atom. The van der Waals surface area contributed by atoms with E-state index in [4.69, 9.17) is 33.3 Å². The van der Waals surface area contributed by atoms with E-state index >= 15 is 0 Å². The normalized spacial score (nSPS) is 18.9. The Morgan fingerprint density at radius 2 is 1.62 bits per heavy atom. The van der Waals surface area contributed by atoms with Crippen LogP contribution < -0.4 is 20.1 Å². The molecule has 0 bridgehead atoms. The van der Waals surface area contributed by atoms with Gasteiger partial charge in [0, 0.05) is 75.7 Å². The monoisotopic (exact) mass is 896 g/mol. The van der Waals surface area contributed by atoms with Gasteiger partial charge in [-0.25, -0.2) is 19.9 Å². The van der Waals surface area contributed by atoms with Crippen LogP contribution in [-0.4, -0.2) is 89.0 Å². The van der Waals surface area contributed by atoms with Gasteiger partial charge in [-0.15, -0.1) is 0 Å². The number of aryl methyl sites for hydroxylation is 1. The van der Waals surface area contributed by atoms with Crippen LogP contribution in [0.3, 0.4) is 0 Å². The number of imidazole rings is 2. The fourth-order valence-corrected chi connectivity index (χ4v) is 8.36. The van der Waals surface area contributed by atoms with Crippen LogP contribution in [0.2, 0.25) is 0 Å². The SMILES string of the molecule is CCOc1cc2nc(CC3CCOC3)cn2cc1NC(=O)c1nc(-c2cnn(C)c2)oc1CCOc1cc2nc(C3C[C@@H](C)O[C@@H](C)C3)cn2cc1NC(=O)c1cccc(C(F)(F)F)n1. The van der Waals surface area contributed by atoms with Gasteiger partial charge in [0.05, 0.1) is 48.6 Å². The van der Waals surface area contributed by atoms with Crippen molar-refractivity contribution < 1.29 is 46.1 Å². The maximum Gasteiger partial charge on any atom is 0.433 e. The maximum atomic E-state index is 14.2. The Hall–Kier alpha value is -6.80. The number of carbonyl (C=O) groups excluding carboxylic acids is 2. The number of nitrogens with zero attached hydrogens (tertiary/aromatic N) is 8. The fraction of sp³-hybridized carbons (Fsp3) is 0.400. The molecule has 0 radical (unpaired) electrons. The number of halogens is 3. The van der Waals surface area contributed by atoms with E-state index in [0.29, 0.717) is 47.4 Å². The third-order valence-corrected chi connectivity index (χ3v) is 11.3. The summed E-state index contributed by atoms with van der Waals surface area (Å²) in [7, 11) is 1.74. The summed E-state index contributed by atoms with van der Waals surface area (Å²) in [5.41, 5.74) is 2.30. The number of amides is 2. The average molecular weight is 897 g/mol. The lowest BCUT2D eigenvalue weighted by Crippen LogP contribution is -2.28. The third kappa shape index (κ3) is 9.68. The van der Waals surface area contributed by atoms with Gasteiger partial charge in [-0.2, -0.15) is 18.3 Å². The van der Waals surface area contributed by atoms with Crippen LogP contribution in [0.1, 0.15) is 89.8 Å². The molecule has 9 heterocycles. The molecule has 0 spiro atoms. The second kappa shape index (κ2) is 18.0. The van der Waals surface area contributed by atoms with Gasteiger partial charge in [-0.05, 0) is 64.5 Å². The van der Waals surface area contributed by atoms with Gasteiger partial charge in [0.25, 0.3) is 11.8 Å². The number of carbonyl (C=O) groups is 2. The number of rotatable bonds is 14. The average Bonchev–Trinajstić information content (AvgIpc) is 4.12. The molecule has 20 heteroatoms. The first-order chi connectivity index (χ1) is 31.3. The van der Waals surface area contributed by atoms with E-state index in [1.165, 1.54) is 6.07 Å². The molecule has 2 N–H and O–H groups in total. The number of fused-ring (bicyclic) bond motifs is 2. The molecule has 17 nitrogen and oxygen atoms in total. The topological polar surface area (TPSA) is 186 Å². The Morgan fingerprint density at radius 3 is 2.31 bits per heavy atom. The van der Waals surface area contributed by atoms with E-state index < -0.39 is 29.4 Å². The lowest BCUT2D eigenvalue weighted by atomic mass is 9.90. The van der Waals surface area contributed by atoms with Crippen molar-refractivity contribution in [3.8, 4) is 23.0 Å². The largest absolute Gasteiger partial charge is 0.491 e. The van der Waals surface area contributed by atoms with E-state index in [0.717, 1.165) is 55.8 Å². The first-order valence-corrected chi connectivity index (χ1v) is 21.4. The molecule has 2 aliphatic heterocycles. The first kappa shape index (κ1) is 43.5. The van der Waals surface area contributed by atoms with Crippen LogP contribution in [0.5, 0.6) is 11.5 Å². The van der Waals surface area contributed by atoms with Gasteiger partial charge in [0.1, 0.15) is 51.3 Å². The number of anilines is 2. The van der Waals surface area contributed by atoms with Crippen molar-refractivity contribution in [3.05, 3.63) is 102 Å². The Balaban J connectivity index is 1.00. The Bertz CT molecular complexity index is 2850. The van der Waals surface area contributed by atoms with Gasteiger partial charge in [-0.3, -0.25) is 14.3 Å². The Labute approximate surface area is 370 Å². The molecule has 0 aliphatic carbocycles. The van der Waals surface area contributed by atoms with Crippen molar-refractivity contribution in [1.29, 1.82) is 0 Å². The molecule has 7 aromatic heterocycles. The van der Waals surface area contributed by atoms with Crippen LogP contribution >= 0.6 is 0 Å². The van der Waals surface area contributed by atoms with Crippen molar-refractivity contribution in [2.75, 3.05) is 37.1 Å². The highest BCUT2D eigenvalue weighted by Gasteiger charge is 2.33. The molecule has 2 fully saturated rings. The van der Waals surface area contributed by atoms with Crippen molar-refractivity contribution in [2.45, 2.75) is 77.2 Å². The van der Waals surface area contributed by atoms with Gasteiger partial charge >= 0.3 is 6.18 Å². The van der Waals surface area contributed by atoms with Crippen molar-refractivity contribution in [1.82, 2.24) is 38.5 Å². The summed E-state index contributed by atoms with van der Waals surface area (Å²) in [6, 6.07) is 6.51. The molecule has 0 aromatic carbocycles. The van der Waals surface area contributed by atoms with E-state index in [1.54, 1.807) is 53.1 Å². The van der Waals surface area contributed by atoms with Crippen molar-refractivity contribution in [2.24, 2.45) is 13.0 Å². The minimum atomic E-state index is -4.75. The van der Waals surface area contributed by atoms with Crippen molar-refractivity contribution >= 4 is 34.5 Å². The number of hydrogen-bond acceptors (Lipinski definition) is 12. The van der Waals surface area contributed by atoms with Gasteiger partial charge in [-0.1, -0.05) is 6.07 Å². The molecule has 2 saturated heterocycles. The standard InChI is InChI=1S/C45H47F3N10O7/c1-5-62-36-16-39-50-30(15-27-9-11-61-24-27)20-57(39)22-33(36)54-43(60)41-35(65-44(55-41)29-18-49-56(4)19-29)10-12-63-37-17-40-52-32(28-13-25(2)64-26(3)14-28)21-58(40)23-34(37)53-42(59)31-7-6-8-38(51-31)45(46,47)48/h6-8,16-23,25-28H,5,9-15,24H2,1-4H3,(H,53,59)(H,54,60)/t25-,26+,27?,28?. The minimum absolute atomic E-state index is 0.0139. The summed E-state index contributed by atoms with van der Waals surface area (Å²) in [6.07, 6.45) is 8.99. The van der Waals surface area contributed by atoms with Crippen LogP contribution in [0, 0.1) is 5.92 Å². The highest BCUT2D eigenvalue weighted by molar-refractivity contribution is 6.05. The summed E-state index contributed by atoms with van der Waals surface area (Å²) in [5, 5.41) is 9.87. The summed E-state index contributed by atoms with van der Waals surface area (Å²) >= 11 is 0. The molecule has 2 unspecified atom stereocenters. The lowest BCUT2D eigenvalue weighted by molar-refractivity contribution is -0.141. The number of pyridine rings is 3. The molecule has 0 saturated carbocycles. The zero-order chi connectivity index (χ0) is 45.4. The van der Waals surface area contributed by atoms with E-state index in [-0.39, 0.29) is 59.9 Å². The summed E-state index contributed by atoms with van der Waals surface area (Å²) in [4.78, 5) is 45.6. The summed E-state index contributed by atoms with van der Waals surface area (Å²) in [5.74, 6) is -0.0434. The van der Waals surface area contributed by atoms with Crippen molar-refractivity contribution in [3.63, 3.8) is 0 Å². The molecular formula is C45H47F3N10O7. The number of alkyl halides is 3. The highest BCUT2D eigenvalue weighted by Crippen LogP contribution is 2.36. The molecule has 2 aliphatic rings. The summed E-state index contributed by atoms with van der Waals surface area (Å²) in [6.45, 7) is 7.56. The predicted octanol–water partition coefficient (Wildman–Crippen LogP) is 7.56. The summed E-state index contributed by atoms with van der Waals surface area (Å²) < 4.78 is 75.8. The molecule has 9 rings (SSSR count). The maximum absolute atomic E-state index is 14.2. The second-order valence-corrected chi connectivity index (χ2v) is 16.4. The van der Waals surface area contributed by atoms with Gasteiger partial charge in [0.15, 0.2) is 5.69 Å². The fourth-order valence-electron chi connectivity index (χ4n) is 8.36. The predicted molar refractivity (Wildman–Crippen MR) is 229 cm³/mol. The number of aromatic nitrogens is 8. The number of hydrogen-bond donors (Lipinski definition) is 2. The van der Waals surface area contributed by atoms with Crippen LogP contribution in [0.4, 0.5) is 24.5 Å². The molecule has 7 aromatic rings. The number of nitrogens with one attached hydrogen (secondary N) is 2. The zero-order valence-electron chi connectivity index (χ0n) is 36.1. The molecule has 65 heavy (non-hydrogen) atoms. The van der Waals surface area contributed by atoms with Crippen LogP contribution in [0.25, 0.3) is 22.7 Å². The van der Waals surface area contributed by atoms with Crippen LogP contribution in [-0.2, 0) is 35.5 Å². The lowest BCUT2D eigenvalue weighted by Gasteiger charge is -2.31. The second-order valence-electron chi connectivity index (χ2n) is 16.4. The van der Waals surface area contributed by atoms with E-state index in [2.05, 4.69) is 25.7 Å². The molecule has 2 amide bonds. The van der Waals surface area contributed by atoms with E-state index in [1.807, 2.05) is 37.6 Å². The molecular weight excluding hydrogens is 850 g/mol. The quantitative estimate of drug-likeness (QED) is 0.109. The van der Waals surface area contributed by atoms with Gasteiger partial charge in [0.2, 0.25) is 5.89 Å².